The molecule has 1 aromatic heterocycles. The number of sulfonamides is 1. The number of hydrogen-bond acceptors (Lipinski definition) is 4. The van der Waals surface area contributed by atoms with E-state index in [9.17, 15) is 8.42 Å². The number of pyridine rings is 1. The first-order chi connectivity index (χ1) is 9.29. The van der Waals surface area contributed by atoms with Crippen LogP contribution in [0, 0.1) is 13.8 Å². The van der Waals surface area contributed by atoms with Crippen LogP contribution in [0.4, 0.5) is 11.5 Å². The number of nitrogens with zero attached hydrogens (tertiary/aromatic N) is 1. The minimum atomic E-state index is -3.75. The molecule has 0 aliphatic carbocycles. The molecular formula is C13H14BrN3O2S. The first-order valence-corrected chi connectivity index (χ1v) is 8.08. The van der Waals surface area contributed by atoms with Gasteiger partial charge in [-0.2, -0.15) is 0 Å². The molecule has 1 heterocycles. The first-order valence-electron chi connectivity index (χ1n) is 5.81. The van der Waals surface area contributed by atoms with Gasteiger partial charge in [0.25, 0.3) is 10.0 Å². The molecule has 20 heavy (non-hydrogen) atoms. The molecule has 0 atom stereocenters. The van der Waals surface area contributed by atoms with Gasteiger partial charge >= 0.3 is 0 Å². The van der Waals surface area contributed by atoms with Crippen molar-refractivity contribution in [1.29, 1.82) is 0 Å². The number of hydrogen-bond donors (Lipinski definition) is 2. The minimum Gasteiger partial charge on any atom is -0.398 e. The Morgan fingerprint density at radius 1 is 1.25 bits per heavy atom. The number of aryl methyl sites for hydroxylation is 2. The summed E-state index contributed by atoms with van der Waals surface area (Å²) >= 11 is 3.28. The van der Waals surface area contributed by atoms with E-state index in [1.165, 1.54) is 12.3 Å². The number of halogens is 1. The van der Waals surface area contributed by atoms with E-state index in [2.05, 4.69) is 25.6 Å². The summed E-state index contributed by atoms with van der Waals surface area (Å²) in [7, 11) is -3.75. The molecule has 1 aromatic carbocycles. The van der Waals surface area contributed by atoms with Crippen molar-refractivity contribution in [3.8, 4) is 0 Å². The SMILES string of the molecule is Cc1ccc(S(=O)(=O)Nc2ncc(Br)cc2C)c(N)c1. The summed E-state index contributed by atoms with van der Waals surface area (Å²) in [5, 5.41) is 0. The van der Waals surface area contributed by atoms with Crippen LogP contribution in [0.3, 0.4) is 0 Å². The third-order valence-corrected chi connectivity index (χ3v) is 4.58. The summed E-state index contributed by atoms with van der Waals surface area (Å²) in [4.78, 5) is 4.11. The smallest absolute Gasteiger partial charge is 0.265 e. The second kappa shape index (κ2) is 5.41. The van der Waals surface area contributed by atoms with Crippen LogP contribution in [-0.4, -0.2) is 13.4 Å². The Kier molecular flexibility index (Phi) is 4.01. The predicted molar refractivity (Wildman–Crippen MR) is 83.1 cm³/mol. The molecule has 0 radical (unpaired) electrons. The van der Waals surface area contributed by atoms with Crippen molar-refractivity contribution in [3.63, 3.8) is 0 Å². The van der Waals surface area contributed by atoms with Crippen molar-refractivity contribution in [3.05, 3.63) is 46.1 Å². The fourth-order valence-corrected chi connectivity index (χ4v) is 3.38. The number of nitrogens with two attached hydrogens (primary N) is 1. The highest BCUT2D eigenvalue weighted by atomic mass is 79.9. The van der Waals surface area contributed by atoms with Crippen LogP contribution in [-0.2, 0) is 10.0 Å². The van der Waals surface area contributed by atoms with Crippen molar-refractivity contribution in [1.82, 2.24) is 4.98 Å². The molecule has 7 heteroatoms. The van der Waals surface area contributed by atoms with Gasteiger partial charge < -0.3 is 5.73 Å². The van der Waals surface area contributed by atoms with Crippen LogP contribution in [0.1, 0.15) is 11.1 Å². The highest BCUT2D eigenvalue weighted by molar-refractivity contribution is 9.10. The predicted octanol–water partition coefficient (Wildman–Crippen LogP) is 2.84. The van der Waals surface area contributed by atoms with Crippen LogP contribution in [0.5, 0.6) is 0 Å². The fraction of sp³-hybridized carbons (Fsp3) is 0.154. The molecule has 0 bridgehead atoms. The lowest BCUT2D eigenvalue weighted by Gasteiger charge is -2.11. The molecule has 0 fully saturated rings. The molecule has 0 amide bonds. The lowest BCUT2D eigenvalue weighted by molar-refractivity contribution is 0.601. The number of benzene rings is 1. The Bertz CT molecular complexity index is 760. The molecule has 0 unspecified atom stereocenters. The zero-order valence-corrected chi connectivity index (χ0v) is 13.4. The third-order valence-electron chi connectivity index (χ3n) is 2.73. The molecule has 106 valence electrons. The van der Waals surface area contributed by atoms with Crippen molar-refractivity contribution >= 4 is 37.5 Å². The van der Waals surface area contributed by atoms with Gasteiger partial charge in [-0.3, -0.25) is 4.72 Å². The van der Waals surface area contributed by atoms with E-state index in [4.69, 9.17) is 5.73 Å². The number of nitrogen functional groups attached to an aromatic ring is 1. The summed E-state index contributed by atoms with van der Waals surface area (Å²) in [6.07, 6.45) is 1.53. The number of anilines is 2. The van der Waals surface area contributed by atoms with E-state index in [0.29, 0.717) is 5.56 Å². The maximum absolute atomic E-state index is 12.3. The van der Waals surface area contributed by atoms with E-state index >= 15 is 0 Å². The quantitative estimate of drug-likeness (QED) is 0.829. The molecule has 0 aliphatic rings. The van der Waals surface area contributed by atoms with Crippen molar-refractivity contribution in [2.45, 2.75) is 18.7 Å². The molecule has 0 saturated carbocycles. The Labute approximate surface area is 126 Å². The first kappa shape index (κ1) is 14.8. The summed E-state index contributed by atoms with van der Waals surface area (Å²) in [6.45, 7) is 3.62. The number of aromatic nitrogens is 1. The lowest BCUT2D eigenvalue weighted by atomic mass is 10.2. The molecular weight excluding hydrogens is 342 g/mol. The topological polar surface area (TPSA) is 85.1 Å². The van der Waals surface area contributed by atoms with Crippen LogP contribution in [0.2, 0.25) is 0 Å². The van der Waals surface area contributed by atoms with E-state index in [1.54, 1.807) is 25.1 Å². The minimum absolute atomic E-state index is 0.0484. The average molecular weight is 356 g/mol. The van der Waals surface area contributed by atoms with Crippen molar-refractivity contribution in [2.24, 2.45) is 0 Å². The largest absolute Gasteiger partial charge is 0.398 e. The summed E-state index contributed by atoms with van der Waals surface area (Å²) in [5.41, 5.74) is 7.61. The van der Waals surface area contributed by atoms with E-state index < -0.39 is 10.0 Å². The van der Waals surface area contributed by atoms with Gasteiger partial charge in [0.05, 0.1) is 5.69 Å². The van der Waals surface area contributed by atoms with Crippen molar-refractivity contribution in [2.75, 3.05) is 10.5 Å². The zero-order chi connectivity index (χ0) is 14.9. The third kappa shape index (κ3) is 3.10. The van der Waals surface area contributed by atoms with Crippen molar-refractivity contribution < 1.29 is 8.42 Å². The molecule has 2 rings (SSSR count). The van der Waals surface area contributed by atoms with Gasteiger partial charge in [0, 0.05) is 10.7 Å². The Morgan fingerprint density at radius 2 is 1.95 bits per heavy atom. The highest BCUT2D eigenvalue weighted by Crippen LogP contribution is 2.24. The number of rotatable bonds is 3. The second-order valence-corrected chi connectivity index (χ2v) is 7.03. The summed E-state index contributed by atoms with van der Waals surface area (Å²) < 4.78 is 27.9. The molecule has 0 aliphatic heterocycles. The Morgan fingerprint density at radius 3 is 2.55 bits per heavy atom. The van der Waals surface area contributed by atoms with Crippen LogP contribution in [0.25, 0.3) is 0 Å². The normalized spacial score (nSPS) is 11.3. The zero-order valence-electron chi connectivity index (χ0n) is 11.0. The molecule has 5 nitrogen and oxygen atoms in total. The van der Waals surface area contributed by atoms with E-state index in [0.717, 1.165) is 10.0 Å². The van der Waals surface area contributed by atoms with Gasteiger partial charge in [-0.15, -0.1) is 0 Å². The second-order valence-electron chi connectivity index (χ2n) is 4.47. The van der Waals surface area contributed by atoms with E-state index in [1.807, 2.05) is 6.92 Å². The highest BCUT2D eigenvalue weighted by Gasteiger charge is 2.19. The maximum atomic E-state index is 12.3. The Hall–Kier alpha value is -1.60. The lowest BCUT2D eigenvalue weighted by Crippen LogP contribution is -2.16. The van der Waals surface area contributed by atoms with Gasteiger partial charge in [0.1, 0.15) is 10.7 Å². The summed E-state index contributed by atoms with van der Waals surface area (Å²) in [6, 6.07) is 6.59. The fourth-order valence-electron chi connectivity index (χ4n) is 1.74. The van der Waals surface area contributed by atoms with Gasteiger partial charge in [-0.05, 0) is 59.1 Å². The standard InChI is InChI=1S/C13H14BrN3O2S/c1-8-3-4-12(11(15)5-8)20(18,19)17-13-9(2)6-10(14)7-16-13/h3-7H,15H2,1-2H3,(H,16,17). The molecule has 2 aromatic rings. The van der Waals surface area contributed by atoms with Gasteiger partial charge in [-0.1, -0.05) is 6.07 Å². The molecule has 0 spiro atoms. The number of nitrogens with one attached hydrogen (secondary N) is 1. The monoisotopic (exact) mass is 355 g/mol. The van der Waals surface area contributed by atoms with Gasteiger partial charge in [-0.25, -0.2) is 13.4 Å². The molecule has 0 saturated heterocycles. The molecule has 3 N–H and O–H groups in total. The van der Waals surface area contributed by atoms with Crippen LogP contribution in [0.15, 0.2) is 39.8 Å². The van der Waals surface area contributed by atoms with E-state index in [-0.39, 0.29) is 16.4 Å². The Balaban J connectivity index is 2.41. The van der Waals surface area contributed by atoms with Gasteiger partial charge in [0.2, 0.25) is 0 Å². The van der Waals surface area contributed by atoms with Crippen LogP contribution >= 0.6 is 15.9 Å². The average Bonchev–Trinajstić information content (AvgIpc) is 2.32. The maximum Gasteiger partial charge on any atom is 0.265 e. The van der Waals surface area contributed by atoms with Gasteiger partial charge in [0.15, 0.2) is 0 Å². The van der Waals surface area contributed by atoms with Crippen LogP contribution < -0.4 is 10.5 Å². The summed E-state index contributed by atoms with van der Waals surface area (Å²) in [5.74, 6) is 0.285.